The average Bonchev–Trinajstić information content (AvgIpc) is 3.05. The Morgan fingerprint density at radius 3 is 3.05 bits per heavy atom. The number of aromatic nitrogens is 2. The highest BCUT2D eigenvalue weighted by Gasteiger charge is 2.35. The van der Waals surface area contributed by atoms with Gasteiger partial charge in [-0.1, -0.05) is 0 Å². The maximum Gasteiger partial charge on any atom is 0.245 e. The van der Waals surface area contributed by atoms with Gasteiger partial charge in [0.15, 0.2) is 0 Å². The molecular weight excluding hydrogens is 300 g/mol. The summed E-state index contributed by atoms with van der Waals surface area (Å²) in [5, 5.41) is 0.630. The van der Waals surface area contributed by atoms with E-state index in [0.717, 1.165) is 12.8 Å². The third-order valence-electron chi connectivity index (χ3n) is 3.59. The number of hydrogen-bond donors (Lipinski definition) is 2. The van der Waals surface area contributed by atoms with Gasteiger partial charge in [-0.15, -0.1) is 12.4 Å². The Kier molecular flexibility index (Phi) is 4.33. The molecule has 110 valence electrons. The van der Waals surface area contributed by atoms with Crippen LogP contribution in [0.1, 0.15) is 12.8 Å². The second-order valence-corrected chi connectivity index (χ2v) is 6.56. The minimum absolute atomic E-state index is 0. The molecule has 2 aromatic heterocycles. The molecule has 0 aromatic carbocycles. The van der Waals surface area contributed by atoms with Gasteiger partial charge in [-0.25, -0.2) is 13.4 Å². The number of nitrogens with zero attached hydrogens (tertiary/aromatic N) is 2. The van der Waals surface area contributed by atoms with Gasteiger partial charge < -0.3 is 10.7 Å². The zero-order chi connectivity index (χ0) is 13.5. The molecule has 1 fully saturated rings. The predicted octanol–water partition coefficient (Wildman–Crippen LogP) is 1.10. The van der Waals surface area contributed by atoms with Crippen LogP contribution in [0.25, 0.3) is 11.0 Å². The normalized spacial score (nSPS) is 20.1. The van der Waals surface area contributed by atoms with E-state index in [0.29, 0.717) is 24.1 Å². The van der Waals surface area contributed by atoms with Crippen LogP contribution in [0.4, 0.5) is 0 Å². The number of nitrogens with one attached hydrogen (secondary N) is 1. The van der Waals surface area contributed by atoms with Crippen LogP contribution in [0.15, 0.2) is 29.4 Å². The molecule has 2 aromatic rings. The fraction of sp³-hybridized carbons (Fsp3) is 0.417. The second kappa shape index (κ2) is 5.69. The van der Waals surface area contributed by atoms with Crippen molar-refractivity contribution < 1.29 is 8.42 Å². The number of hydrogen-bond acceptors (Lipinski definition) is 4. The molecule has 0 aliphatic carbocycles. The van der Waals surface area contributed by atoms with Crippen molar-refractivity contribution in [1.82, 2.24) is 14.3 Å². The van der Waals surface area contributed by atoms with Crippen LogP contribution in [-0.4, -0.2) is 41.8 Å². The summed E-state index contributed by atoms with van der Waals surface area (Å²) in [4.78, 5) is 7.31. The molecule has 1 atom stereocenters. The third-order valence-corrected chi connectivity index (χ3v) is 5.59. The molecule has 1 aliphatic heterocycles. The summed E-state index contributed by atoms with van der Waals surface area (Å²) in [6, 6.07) is 3.41. The monoisotopic (exact) mass is 316 g/mol. The summed E-state index contributed by atoms with van der Waals surface area (Å²) in [5.74, 6) is 0. The molecular formula is C12H17ClN4O2S. The van der Waals surface area contributed by atoms with Crippen LogP contribution in [0.3, 0.4) is 0 Å². The fourth-order valence-electron chi connectivity index (χ4n) is 2.63. The number of nitrogens with two attached hydrogens (primary N) is 1. The summed E-state index contributed by atoms with van der Waals surface area (Å²) in [7, 11) is -3.50. The van der Waals surface area contributed by atoms with E-state index in [1.807, 2.05) is 0 Å². The summed E-state index contributed by atoms with van der Waals surface area (Å²) in [6.07, 6.45) is 4.84. The Balaban J connectivity index is 0.00000147. The number of aromatic amines is 1. The summed E-state index contributed by atoms with van der Waals surface area (Å²) in [5.41, 5.74) is 6.25. The van der Waals surface area contributed by atoms with Crippen LogP contribution in [0.2, 0.25) is 0 Å². The topological polar surface area (TPSA) is 92.1 Å². The zero-order valence-corrected chi connectivity index (χ0v) is 12.5. The molecule has 6 nitrogen and oxygen atoms in total. The van der Waals surface area contributed by atoms with E-state index in [2.05, 4.69) is 9.97 Å². The number of H-pyrrole nitrogens is 1. The van der Waals surface area contributed by atoms with Crippen molar-refractivity contribution in [2.45, 2.75) is 23.8 Å². The molecule has 0 amide bonds. The van der Waals surface area contributed by atoms with Crippen molar-refractivity contribution in [2.75, 3.05) is 13.1 Å². The first-order chi connectivity index (χ1) is 9.14. The maximum absolute atomic E-state index is 12.7. The highest BCUT2D eigenvalue weighted by atomic mass is 35.5. The smallest absolute Gasteiger partial charge is 0.245 e. The number of sulfonamides is 1. The highest BCUT2D eigenvalue weighted by molar-refractivity contribution is 7.89. The van der Waals surface area contributed by atoms with Crippen LogP contribution >= 0.6 is 12.4 Å². The van der Waals surface area contributed by atoms with Gasteiger partial charge in [0.2, 0.25) is 10.0 Å². The fourth-order valence-corrected chi connectivity index (χ4v) is 4.49. The van der Waals surface area contributed by atoms with Gasteiger partial charge in [0.05, 0.1) is 0 Å². The summed E-state index contributed by atoms with van der Waals surface area (Å²) >= 11 is 0. The minimum atomic E-state index is -3.50. The summed E-state index contributed by atoms with van der Waals surface area (Å²) < 4.78 is 26.9. The van der Waals surface area contributed by atoms with Gasteiger partial charge in [0.1, 0.15) is 10.5 Å². The predicted molar refractivity (Wildman–Crippen MR) is 79.3 cm³/mol. The van der Waals surface area contributed by atoms with E-state index in [-0.39, 0.29) is 23.3 Å². The standard InChI is InChI=1S/C12H16N4O2S.ClH/c13-7-9-3-2-6-16(9)19(17,18)11-8-15-12-10(11)4-1-5-14-12;/h1,4-5,8-9H,2-3,6-7,13H2,(H,14,15);1H. The lowest BCUT2D eigenvalue weighted by atomic mass is 10.2. The van der Waals surface area contributed by atoms with Crippen molar-refractivity contribution in [3.8, 4) is 0 Å². The Bertz CT molecular complexity index is 700. The quantitative estimate of drug-likeness (QED) is 0.886. The van der Waals surface area contributed by atoms with Gasteiger partial charge in [-0.3, -0.25) is 0 Å². The van der Waals surface area contributed by atoms with E-state index in [1.54, 1.807) is 18.3 Å². The molecule has 1 saturated heterocycles. The Labute approximate surface area is 123 Å². The molecule has 1 unspecified atom stereocenters. The lowest BCUT2D eigenvalue weighted by Gasteiger charge is -2.22. The van der Waals surface area contributed by atoms with Crippen molar-refractivity contribution in [3.63, 3.8) is 0 Å². The Morgan fingerprint density at radius 2 is 2.30 bits per heavy atom. The first-order valence-corrected chi connectivity index (χ1v) is 7.72. The van der Waals surface area contributed by atoms with Crippen LogP contribution < -0.4 is 5.73 Å². The number of rotatable bonds is 3. The van der Waals surface area contributed by atoms with Crippen LogP contribution in [0.5, 0.6) is 0 Å². The molecule has 0 radical (unpaired) electrons. The van der Waals surface area contributed by atoms with E-state index in [1.165, 1.54) is 10.5 Å². The second-order valence-electron chi connectivity index (χ2n) is 4.70. The Morgan fingerprint density at radius 1 is 1.50 bits per heavy atom. The summed E-state index contributed by atoms with van der Waals surface area (Å²) in [6.45, 7) is 0.900. The molecule has 1 aliphatic rings. The van der Waals surface area contributed by atoms with Gasteiger partial charge in [-0.2, -0.15) is 4.31 Å². The van der Waals surface area contributed by atoms with Crippen molar-refractivity contribution >= 4 is 33.5 Å². The Hall–Kier alpha value is -1.15. The zero-order valence-electron chi connectivity index (χ0n) is 10.8. The SMILES string of the molecule is Cl.NCC1CCCN1S(=O)(=O)c1c[nH]c2ncccc12. The number of pyridine rings is 1. The molecule has 0 spiro atoms. The van der Waals surface area contributed by atoms with E-state index >= 15 is 0 Å². The molecule has 0 saturated carbocycles. The van der Waals surface area contributed by atoms with Gasteiger partial charge in [0, 0.05) is 36.9 Å². The lowest BCUT2D eigenvalue weighted by molar-refractivity contribution is 0.393. The molecule has 3 N–H and O–H groups in total. The minimum Gasteiger partial charge on any atom is -0.345 e. The van der Waals surface area contributed by atoms with Crippen LogP contribution in [-0.2, 0) is 10.0 Å². The lowest BCUT2D eigenvalue weighted by Crippen LogP contribution is -2.39. The molecule has 20 heavy (non-hydrogen) atoms. The van der Waals surface area contributed by atoms with Crippen LogP contribution in [0, 0.1) is 0 Å². The number of halogens is 1. The molecule has 8 heteroatoms. The highest BCUT2D eigenvalue weighted by Crippen LogP contribution is 2.29. The van der Waals surface area contributed by atoms with Gasteiger partial charge >= 0.3 is 0 Å². The maximum atomic E-state index is 12.7. The van der Waals surface area contributed by atoms with Crippen molar-refractivity contribution in [2.24, 2.45) is 5.73 Å². The first-order valence-electron chi connectivity index (χ1n) is 6.28. The van der Waals surface area contributed by atoms with Crippen molar-refractivity contribution in [1.29, 1.82) is 0 Å². The largest absolute Gasteiger partial charge is 0.345 e. The molecule has 3 heterocycles. The number of fused-ring (bicyclic) bond motifs is 1. The average molecular weight is 317 g/mol. The molecule has 3 rings (SSSR count). The van der Waals surface area contributed by atoms with Gasteiger partial charge in [-0.05, 0) is 25.0 Å². The van der Waals surface area contributed by atoms with E-state index < -0.39 is 10.0 Å². The molecule has 0 bridgehead atoms. The van der Waals surface area contributed by atoms with E-state index in [9.17, 15) is 8.42 Å². The first kappa shape index (κ1) is 15.2. The third kappa shape index (κ3) is 2.31. The van der Waals surface area contributed by atoms with Crippen molar-refractivity contribution in [3.05, 3.63) is 24.5 Å². The van der Waals surface area contributed by atoms with E-state index in [4.69, 9.17) is 5.73 Å². The van der Waals surface area contributed by atoms with Gasteiger partial charge in [0.25, 0.3) is 0 Å².